The molecule has 1 spiro atoms. The van der Waals surface area contributed by atoms with Gasteiger partial charge in [0.2, 0.25) is 5.91 Å². The molecule has 2 aliphatic rings. The van der Waals surface area contributed by atoms with Crippen molar-refractivity contribution in [2.24, 2.45) is 0 Å². The van der Waals surface area contributed by atoms with E-state index in [1.807, 2.05) is 31.2 Å². The smallest absolute Gasteiger partial charge is 0.238 e. The third-order valence-corrected chi connectivity index (χ3v) is 4.93. The summed E-state index contributed by atoms with van der Waals surface area (Å²) in [5.41, 5.74) is 2.00. The zero-order chi connectivity index (χ0) is 16.7. The van der Waals surface area contributed by atoms with Crippen molar-refractivity contribution in [2.45, 2.75) is 25.2 Å². The predicted molar refractivity (Wildman–Crippen MR) is 91.5 cm³/mol. The number of amides is 1. The predicted octanol–water partition coefficient (Wildman–Crippen LogP) is 2.28. The molecule has 0 aromatic carbocycles. The SMILES string of the molecule is COc1ccc(C)nc1N1CCCC2(C1)C(=O)Nc1cccnc12. The number of aryl methyl sites for hydroxylation is 1. The van der Waals surface area contributed by atoms with Crippen molar-refractivity contribution in [3.8, 4) is 5.75 Å². The number of carbonyl (C=O) groups excluding carboxylic acids is 1. The van der Waals surface area contributed by atoms with Crippen LogP contribution in [-0.4, -0.2) is 36.1 Å². The summed E-state index contributed by atoms with van der Waals surface area (Å²) in [6, 6.07) is 7.63. The maximum atomic E-state index is 12.8. The highest BCUT2D eigenvalue weighted by Crippen LogP contribution is 2.44. The summed E-state index contributed by atoms with van der Waals surface area (Å²) in [4.78, 5) is 24.1. The average molecular weight is 324 g/mol. The number of piperidine rings is 1. The van der Waals surface area contributed by atoms with Crippen molar-refractivity contribution in [1.29, 1.82) is 0 Å². The fraction of sp³-hybridized carbons (Fsp3) is 0.389. The molecule has 0 bridgehead atoms. The highest BCUT2D eigenvalue weighted by atomic mass is 16.5. The van der Waals surface area contributed by atoms with E-state index in [1.165, 1.54) is 0 Å². The van der Waals surface area contributed by atoms with Gasteiger partial charge in [0, 0.05) is 25.0 Å². The maximum absolute atomic E-state index is 12.8. The van der Waals surface area contributed by atoms with Gasteiger partial charge in [-0.1, -0.05) is 0 Å². The standard InChI is InChI=1S/C18H20N4O2/c1-12-6-7-14(24-2)16(20-12)22-10-4-8-18(11-22)15-13(21-17(18)23)5-3-9-19-15/h3,5-7,9H,4,8,10-11H2,1-2H3,(H,21,23). The first kappa shape index (κ1) is 14.9. The molecule has 4 rings (SSSR count). The summed E-state index contributed by atoms with van der Waals surface area (Å²) in [6.45, 7) is 3.38. The molecule has 1 atom stereocenters. The number of methoxy groups -OCH3 is 1. The molecule has 1 unspecified atom stereocenters. The molecule has 2 aliphatic heterocycles. The Morgan fingerprint density at radius 2 is 2.21 bits per heavy atom. The molecule has 1 fully saturated rings. The molecule has 0 saturated carbocycles. The highest BCUT2D eigenvalue weighted by Gasteiger charge is 2.50. The lowest BCUT2D eigenvalue weighted by Gasteiger charge is -2.39. The molecule has 4 heterocycles. The molecule has 0 radical (unpaired) electrons. The van der Waals surface area contributed by atoms with Gasteiger partial charge < -0.3 is 15.0 Å². The molecule has 6 nitrogen and oxygen atoms in total. The molecule has 1 saturated heterocycles. The Bertz CT molecular complexity index is 807. The van der Waals surface area contributed by atoms with Crippen LogP contribution in [0.25, 0.3) is 0 Å². The first-order valence-electron chi connectivity index (χ1n) is 8.17. The number of rotatable bonds is 2. The van der Waals surface area contributed by atoms with Crippen LogP contribution in [-0.2, 0) is 10.2 Å². The summed E-state index contributed by atoms with van der Waals surface area (Å²) in [7, 11) is 1.65. The largest absolute Gasteiger partial charge is 0.493 e. The Labute approximate surface area is 140 Å². The molecular formula is C18H20N4O2. The molecule has 2 aromatic heterocycles. The van der Waals surface area contributed by atoms with Gasteiger partial charge in [-0.15, -0.1) is 0 Å². The second kappa shape index (κ2) is 5.47. The molecule has 0 aliphatic carbocycles. The number of nitrogens with zero attached hydrogens (tertiary/aromatic N) is 3. The van der Waals surface area contributed by atoms with Gasteiger partial charge in [-0.3, -0.25) is 9.78 Å². The van der Waals surface area contributed by atoms with Gasteiger partial charge in [-0.25, -0.2) is 4.98 Å². The monoisotopic (exact) mass is 324 g/mol. The molecule has 1 N–H and O–H groups in total. The summed E-state index contributed by atoms with van der Waals surface area (Å²) in [5, 5.41) is 2.99. The van der Waals surface area contributed by atoms with Gasteiger partial charge in [-0.05, 0) is 44.0 Å². The van der Waals surface area contributed by atoms with Crippen molar-refractivity contribution < 1.29 is 9.53 Å². The molecule has 124 valence electrons. The van der Waals surface area contributed by atoms with Gasteiger partial charge in [0.1, 0.15) is 5.41 Å². The number of carbonyl (C=O) groups is 1. The minimum Gasteiger partial charge on any atom is -0.493 e. The Kier molecular flexibility index (Phi) is 3.40. The van der Waals surface area contributed by atoms with Crippen molar-refractivity contribution >= 4 is 17.4 Å². The van der Waals surface area contributed by atoms with E-state index in [4.69, 9.17) is 4.74 Å². The Hall–Kier alpha value is -2.63. The number of aromatic nitrogens is 2. The number of nitrogens with one attached hydrogen (secondary N) is 1. The molecule has 6 heteroatoms. The van der Waals surface area contributed by atoms with E-state index in [2.05, 4.69) is 20.2 Å². The number of hydrogen-bond acceptors (Lipinski definition) is 5. The lowest BCUT2D eigenvalue weighted by atomic mass is 9.77. The van der Waals surface area contributed by atoms with E-state index in [1.54, 1.807) is 13.3 Å². The van der Waals surface area contributed by atoms with Crippen LogP contribution < -0.4 is 15.0 Å². The van der Waals surface area contributed by atoms with Gasteiger partial charge in [0.15, 0.2) is 11.6 Å². The van der Waals surface area contributed by atoms with Crippen LogP contribution in [0, 0.1) is 6.92 Å². The summed E-state index contributed by atoms with van der Waals surface area (Å²) < 4.78 is 5.48. The van der Waals surface area contributed by atoms with E-state index in [-0.39, 0.29) is 5.91 Å². The van der Waals surface area contributed by atoms with Crippen molar-refractivity contribution in [1.82, 2.24) is 9.97 Å². The van der Waals surface area contributed by atoms with Crippen LogP contribution in [0.4, 0.5) is 11.5 Å². The van der Waals surface area contributed by atoms with Crippen molar-refractivity contribution in [3.05, 3.63) is 41.9 Å². The first-order chi connectivity index (χ1) is 11.6. The quantitative estimate of drug-likeness (QED) is 0.918. The Morgan fingerprint density at radius 1 is 1.33 bits per heavy atom. The third kappa shape index (κ3) is 2.13. The second-order valence-corrected chi connectivity index (χ2v) is 6.44. The maximum Gasteiger partial charge on any atom is 0.238 e. The van der Waals surface area contributed by atoms with Crippen LogP contribution >= 0.6 is 0 Å². The number of ether oxygens (including phenoxy) is 1. The van der Waals surface area contributed by atoms with Crippen molar-refractivity contribution in [2.75, 3.05) is 30.4 Å². The van der Waals surface area contributed by atoms with Gasteiger partial charge in [0.25, 0.3) is 0 Å². The van der Waals surface area contributed by atoms with E-state index >= 15 is 0 Å². The van der Waals surface area contributed by atoms with E-state index < -0.39 is 5.41 Å². The van der Waals surface area contributed by atoms with E-state index in [0.29, 0.717) is 6.54 Å². The topological polar surface area (TPSA) is 67.3 Å². The van der Waals surface area contributed by atoms with Crippen LogP contribution in [0.2, 0.25) is 0 Å². The lowest BCUT2D eigenvalue weighted by molar-refractivity contribution is -0.121. The minimum atomic E-state index is -0.606. The second-order valence-electron chi connectivity index (χ2n) is 6.44. The molecule has 24 heavy (non-hydrogen) atoms. The van der Waals surface area contributed by atoms with Crippen LogP contribution in [0.15, 0.2) is 30.5 Å². The van der Waals surface area contributed by atoms with E-state index in [9.17, 15) is 4.79 Å². The molecular weight excluding hydrogens is 304 g/mol. The third-order valence-electron chi connectivity index (χ3n) is 4.93. The van der Waals surface area contributed by atoms with Gasteiger partial charge >= 0.3 is 0 Å². The number of pyridine rings is 2. The van der Waals surface area contributed by atoms with Crippen molar-refractivity contribution in [3.63, 3.8) is 0 Å². The van der Waals surface area contributed by atoms with E-state index in [0.717, 1.165) is 48.0 Å². The lowest BCUT2D eigenvalue weighted by Crippen LogP contribution is -2.50. The first-order valence-corrected chi connectivity index (χ1v) is 8.17. The molecule has 1 amide bonds. The number of anilines is 2. The number of fused-ring (bicyclic) bond motifs is 2. The fourth-order valence-electron chi connectivity index (χ4n) is 3.77. The molecule has 2 aromatic rings. The average Bonchev–Trinajstić information content (AvgIpc) is 2.87. The normalized spacial score (nSPS) is 22.4. The van der Waals surface area contributed by atoms with Gasteiger partial charge in [-0.2, -0.15) is 0 Å². The summed E-state index contributed by atoms with van der Waals surface area (Å²) >= 11 is 0. The summed E-state index contributed by atoms with van der Waals surface area (Å²) in [5.74, 6) is 1.57. The summed E-state index contributed by atoms with van der Waals surface area (Å²) in [6.07, 6.45) is 3.46. The minimum absolute atomic E-state index is 0.0347. The Morgan fingerprint density at radius 3 is 3.04 bits per heavy atom. The number of hydrogen-bond donors (Lipinski definition) is 1. The fourth-order valence-corrected chi connectivity index (χ4v) is 3.77. The Balaban J connectivity index is 1.75. The zero-order valence-electron chi connectivity index (χ0n) is 13.9. The van der Waals surface area contributed by atoms with Crippen LogP contribution in [0.3, 0.4) is 0 Å². The zero-order valence-corrected chi connectivity index (χ0v) is 13.9. The van der Waals surface area contributed by atoms with Crippen LogP contribution in [0.1, 0.15) is 24.2 Å². The van der Waals surface area contributed by atoms with Gasteiger partial charge in [0.05, 0.1) is 18.5 Å². The highest BCUT2D eigenvalue weighted by molar-refractivity contribution is 6.06. The van der Waals surface area contributed by atoms with Crippen LogP contribution in [0.5, 0.6) is 5.75 Å².